The molecule has 2 aromatic rings. The molecule has 0 amide bonds. The quantitative estimate of drug-likeness (QED) is 0.808. The fourth-order valence-corrected chi connectivity index (χ4v) is 3.22. The third kappa shape index (κ3) is 4.96. The molecule has 1 aliphatic rings. The van der Waals surface area contributed by atoms with E-state index in [1.165, 1.54) is 23.5 Å². The number of pyridine rings is 1. The molecule has 0 bridgehead atoms. The Morgan fingerprint density at radius 2 is 1.70 bits per heavy atom. The predicted octanol–water partition coefficient (Wildman–Crippen LogP) is 3.32. The van der Waals surface area contributed by atoms with Crippen LogP contribution in [0.15, 0.2) is 24.7 Å². The molecule has 0 unspecified atom stereocenters. The Balaban J connectivity index is 1.83. The van der Waals surface area contributed by atoms with Gasteiger partial charge in [-0.05, 0) is 12.5 Å². The third-order valence-electron chi connectivity index (χ3n) is 4.45. The van der Waals surface area contributed by atoms with Crippen LogP contribution in [0, 0.1) is 5.92 Å². The van der Waals surface area contributed by atoms with Crippen molar-refractivity contribution < 1.29 is 26.3 Å². The average Bonchev–Trinajstić information content (AvgIpc) is 2.59. The van der Waals surface area contributed by atoms with Crippen LogP contribution in [0.4, 0.5) is 32.0 Å². The smallest absolute Gasteiger partial charge is 0.367 e. The third-order valence-corrected chi connectivity index (χ3v) is 4.45. The van der Waals surface area contributed by atoms with E-state index in [0.29, 0.717) is 16.9 Å². The van der Waals surface area contributed by atoms with E-state index in [4.69, 9.17) is 0 Å². The number of rotatable bonds is 4. The molecule has 11 heteroatoms. The molecule has 1 N–H and O–H groups in total. The molecule has 148 valence electrons. The van der Waals surface area contributed by atoms with Crippen LogP contribution in [-0.4, -0.2) is 53.0 Å². The summed E-state index contributed by atoms with van der Waals surface area (Å²) >= 11 is 0. The molecule has 0 aromatic carbocycles. The predicted molar refractivity (Wildman–Crippen MR) is 86.2 cm³/mol. The Hall–Kier alpha value is -2.17. The van der Waals surface area contributed by atoms with E-state index in [1.807, 2.05) is 0 Å². The maximum atomic E-state index is 13.4. The molecular weight excluding hydrogens is 376 g/mol. The minimum Gasteiger partial charge on any atom is -0.367 e. The van der Waals surface area contributed by atoms with Crippen LogP contribution >= 0.6 is 0 Å². The van der Waals surface area contributed by atoms with Gasteiger partial charge in [-0.3, -0.25) is 0 Å². The van der Waals surface area contributed by atoms with Gasteiger partial charge in [0, 0.05) is 44.3 Å². The van der Waals surface area contributed by atoms with Gasteiger partial charge in [-0.15, -0.1) is 0 Å². The molecule has 27 heavy (non-hydrogen) atoms. The highest BCUT2D eigenvalue weighted by molar-refractivity contribution is 5.85. The largest absolute Gasteiger partial charge is 0.393 e. The van der Waals surface area contributed by atoms with Gasteiger partial charge in [0.1, 0.15) is 5.52 Å². The summed E-state index contributed by atoms with van der Waals surface area (Å²) in [4.78, 5) is 13.7. The zero-order valence-electron chi connectivity index (χ0n) is 14.1. The molecular formula is C16H17F6N5. The van der Waals surface area contributed by atoms with Crippen molar-refractivity contribution in [3.8, 4) is 0 Å². The summed E-state index contributed by atoms with van der Waals surface area (Å²) in [7, 11) is 0. The number of alkyl halides is 6. The van der Waals surface area contributed by atoms with Crippen LogP contribution in [-0.2, 0) is 0 Å². The second-order valence-corrected chi connectivity index (χ2v) is 6.45. The monoisotopic (exact) mass is 393 g/mol. The molecule has 5 nitrogen and oxygen atoms in total. The first-order valence-electron chi connectivity index (χ1n) is 8.31. The number of anilines is 1. The highest BCUT2D eigenvalue weighted by Gasteiger charge is 2.45. The lowest BCUT2D eigenvalue weighted by Crippen LogP contribution is -2.53. The molecule has 0 saturated carbocycles. The summed E-state index contributed by atoms with van der Waals surface area (Å²) < 4.78 is 77.1. The van der Waals surface area contributed by atoms with Crippen molar-refractivity contribution in [1.82, 2.24) is 20.3 Å². The van der Waals surface area contributed by atoms with E-state index >= 15 is 0 Å². The summed E-state index contributed by atoms with van der Waals surface area (Å²) in [5, 5.41) is 2.61. The van der Waals surface area contributed by atoms with Gasteiger partial charge in [-0.25, -0.2) is 15.0 Å². The van der Waals surface area contributed by atoms with E-state index < -0.39 is 37.3 Å². The van der Waals surface area contributed by atoms with Crippen LogP contribution in [0.2, 0.25) is 0 Å². The Morgan fingerprint density at radius 3 is 2.41 bits per heavy atom. The summed E-state index contributed by atoms with van der Waals surface area (Å²) in [5.74, 6) is -1.66. The molecule has 0 aliphatic carbocycles. The SMILES string of the molecule is FC(F)(F)CCN[C@H]1C[C@@H](C(F)(F)F)CN(c2ccnc3nccnc23)C1. The maximum absolute atomic E-state index is 13.4. The Bertz CT molecular complexity index is 772. The number of halogens is 6. The Morgan fingerprint density at radius 1 is 1.00 bits per heavy atom. The van der Waals surface area contributed by atoms with E-state index in [2.05, 4.69) is 20.3 Å². The molecule has 1 aliphatic heterocycles. The fourth-order valence-electron chi connectivity index (χ4n) is 3.22. The highest BCUT2D eigenvalue weighted by atomic mass is 19.4. The lowest BCUT2D eigenvalue weighted by molar-refractivity contribution is -0.178. The maximum Gasteiger partial charge on any atom is 0.393 e. The molecule has 2 atom stereocenters. The number of nitrogens with zero attached hydrogens (tertiary/aromatic N) is 4. The first kappa shape index (κ1) is 19.6. The van der Waals surface area contributed by atoms with Gasteiger partial charge in [0.25, 0.3) is 0 Å². The normalized spacial score (nSPS) is 21.6. The first-order valence-corrected chi connectivity index (χ1v) is 8.31. The molecule has 0 radical (unpaired) electrons. The van der Waals surface area contributed by atoms with E-state index in [-0.39, 0.29) is 19.5 Å². The van der Waals surface area contributed by atoms with Gasteiger partial charge in [0.05, 0.1) is 18.0 Å². The minimum absolute atomic E-state index is 0.139. The number of hydrogen-bond acceptors (Lipinski definition) is 5. The standard InChI is InChI=1S/C16H17F6N5/c17-15(18,19)2-4-23-11-7-10(16(20,21)22)8-27(9-11)12-1-3-25-14-13(12)24-5-6-26-14/h1,3,5-6,10-11,23H,2,4,7-9H2/t10-,11+/m1/s1. The van der Waals surface area contributed by atoms with Gasteiger partial charge in [0.15, 0.2) is 5.65 Å². The summed E-state index contributed by atoms with van der Waals surface area (Å²) in [6, 6.07) is 0.815. The van der Waals surface area contributed by atoms with Gasteiger partial charge in [-0.1, -0.05) is 0 Å². The molecule has 1 saturated heterocycles. The fraction of sp³-hybridized carbons (Fsp3) is 0.562. The molecule has 2 aromatic heterocycles. The average molecular weight is 393 g/mol. The van der Waals surface area contributed by atoms with Crippen molar-refractivity contribution in [1.29, 1.82) is 0 Å². The second kappa shape index (κ2) is 7.45. The summed E-state index contributed by atoms with van der Waals surface area (Å²) in [5.41, 5.74) is 1.09. The Labute approximate surface area is 150 Å². The van der Waals surface area contributed by atoms with Crippen LogP contribution in [0.3, 0.4) is 0 Å². The van der Waals surface area contributed by atoms with Crippen LogP contribution in [0.25, 0.3) is 11.2 Å². The number of fused-ring (bicyclic) bond motifs is 1. The number of piperidine rings is 1. The van der Waals surface area contributed by atoms with Crippen molar-refractivity contribution in [3.05, 3.63) is 24.7 Å². The van der Waals surface area contributed by atoms with Crippen LogP contribution in [0.1, 0.15) is 12.8 Å². The van der Waals surface area contributed by atoms with Crippen molar-refractivity contribution >= 4 is 16.9 Å². The first-order chi connectivity index (χ1) is 12.6. The van der Waals surface area contributed by atoms with Gasteiger partial charge >= 0.3 is 12.4 Å². The van der Waals surface area contributed by atoms with Crippen LogP contribution < -0.4 is 10.2 Å². The molecule has 3 rings (SSSR count). The zero-order valence-corrected chi connectivity index (χ0v) is 14.1. The van der Waals surface area contributed by atoms with Crippen molar-refractivity contribution in [2.24, 2.45) is 5.92 Å². The van der Waals surface area contributed by atoms with Crippen molar-refractivity contribution in [2.45, 2.75) is 31.2 Å². The highest BCUT2D eigenvalue weighted by Crippen LogP contribution is 2.36. The van der Waals surface area contributed by atoms with Gasteiger partial charge in [0.2, 0.25) is 0 Å². The topological polar surface area (TPSA) is 53.9 Å². The summed E-state index contributed by atoms with van der Waals surface area (Å²) in [6.07, 6.45) is -5.90. The second-order valence-electron chi connectivity index (χ2n) is 6.45. The summed E-state index contributed by atoms with van der Waals surface area (Å²) in [6.45, 7) is -0.583. The van der Waals surface area contributed by atoms with E-state index in [0.717, 1.165) is 0 Å². The lowest BCUT2D eigenvalue weighted by atomic mass is 9.93. The lowest BCUT2D eigenvalue weighted by Gasteiger charge is -2.40. The van der Waals surface area contributed by atoms with Gasteiger partial charge < -0.3 is 10.2 Å². The van der Waals surface area contributed by atoms with Crippen LogP contribution in [0.5, 0.6) is 0 Å². The van der Waals surface area contributed by atoms with E-state index in [1.54, 1.807) is 6.07 Å². The Kier molecular flexibility index (Phi) is 5.41. The number of hydrogen-bond donors (Lipinski definition) is 1. The molecule has 3 heterocycles. The molecule has 0 spiro atoms. The zero-order chi connectivity index (χ0) is 19.7. The molecule has 1 fully saturated rings. The van der Waals surface area contributed by atoms with E-state index in [9.17, 15) is 26.3 Å². The number of nitrogens with one attached hydrogen (secondary N) is 1. The minimum atomic E-state index is -4.45. The van der Waals surface area contributed by atoms with Crippen molar-refractivity contribution in [2.75, 3.05) is 24.5 Å². The van der Waals surface area contributed by atoms with Gasteiger partial charge in [-0.2, -0.15) is 26.3 Å². The van der Waals surface area contributed by atoms with Crippen molar-refractivity contribution in [3.63, 3.8) is 0 Å². The number of aromatic nitrogens is 3.